The number of fused-ring (bicyclic) bond motifs is 3. The van der Waals surface area contributed by atoms with E-state index in [1.807, 2.05) is 24.4 Å². The number of ether oxygens (including phenoxy) is 1. The zero-order valence-corrected chi connectivity index (χ0v) is 19.4. The highest BCUT2D eigenvalue weighted by Gasteiger charge is 2.36. The van der Waals surface area contributed by atoms with Gasteiger partial charge in [0, 0.05) is 86.0 Å². The lowest BCUT2D eigenvalue weighted by Crippen LogP contribution is -2.29. The molecule has 0 fully saturated rings. The van der Waals surface area contributed by atoms with E-state index in [4.69, 9.17) is 20.9 Å². The summed E-state index contributed by atoms with van der Waals surface area (Å²) in [6, 6.07) is 5.93. The number of rotatable bonds is 3. The van der Waals surface area contributed by atoms with Gasteiger partial charge in [-0.25, -0.2) is 0 Å². The summed E-state index contributed by atoms with van der Waals surface area (Å²) in [7, 11) is 3.60. The van der Waals surface area contributed by atoms with E-state index in [-0.39, 0.29) is 17.9 Å². The largest absolute Gasteiger partial charge is 0.481 e. The fourth-order valence-corrected chi connectivity index (χ4v) is 5.61. The Labute approximate surface area is 197 Å². The normalized spacial score (nSPS) is 20.7. The summed E-state index contributed by atoms with van der Waals surface area (Å²) in [6.07, 6.45) is 4.46. The average molecular weight is 465 g/mol. The molecule has 6 rings (SSSR count). The van der Waals surface area contributed by atoms with E-state index >= 15 is 0 Å². The lowest BCUT2D eigenvalue weighted by molar-refractivity contribution is -0.132. The number of carbonyl (C=O) groups excluding carboxylic acids is 1. The van der Waals surface area contributed by atoms with Crippen molar-refractivity contribution >= 4 is 17.5 Å². The molecule has 7 nitrogen and oxygen atoms in total. The summed E-state index contributed by atoms with van der Waals surface area (Å²) in [5.74, 6) is 1.68. The van der Waals surface area contributed by atoms with Crippen LogP contribution in [0.1, 0.15) is 39.9 Å². The number of hydrogen-bond acceptors (Lipinski definition) is 6. The van der Waals surface area contributed by atoms with Crippen molar-refractivity contribution in [2.45, 2.75) is 38.3 Å². The second-order valence-electron chi connectivity index (χ2n) is 9.27. The molecule has 2 aliphatic heterocycles. The van der Waals surface area contributed by atoms with Crippen LogP contribution in [0.2, 0.25) is 5.02 Å². The van der Waals surface area contributed by atoms with Crippen LogP contribution in [0.15, 0.2) is 28.9 Å². The molecule has 1 aliphatic carbocycles. The number of carbonyl (C=O) groups is 1. The first-order chi connectivity index (χ1) is 16.0. The summed E-state index contributed by atoms with van der Waals surface area (Å²) >= 11 is 6.56. The molecule has 0 saturated heterocycles. The molecule has 0 bridgehead atoms. The lowest BCUT2D eigenvalue weighted by atomic mass is 9.95. The van der Waals surface area contributed by atoms with Gasteiger partial charge < -0.3 is 19.5 Å². The first-order valence-electron chi connectivity index (χ1n) is 11.3. The number of halogens is 1. The summed E-state index contributed by atoms with van der Waals surface area (Å²) in [5.41, 5.74) is 7.26. The molecule has 3 aromatic rings. The summed E-state index contributed by atoms with van der Waals surface area (Å²) in [6.45, 7) is 1.66. The third kappa shape index (κ3) is 3.42. The Kier molecular flexibility index (Phi) is 4.92. The van der Waals surface area contributed by atoms with Crippen LogP contribution >= 0.6 is 11.6 Å². The molecule has 2 unspecified atom stereocenters. The first kappa shape index (κ1) is 20.7. The SMILES string of the molecule is CN(C)C(=O)C1Cc2nccc(-c3cc(Cl)cc4c3OC(c3onc5c3CNCC5)C4)c2C1. The zero-order valence-electron chi connectivity index (χ0n) is 18.7. The maximum atomic E-state index is 12.6. The van der Waals surface area contributed by atoms with Gasteiger partial charge in [0.05, 0.1) is 5.69 Å². The highest BCUT2D eigenvalue weighted by Crippen LogP contribution is 2.47. The zero-order chi connectivity index (χ0) is 22.7. The number of pyridine rings is 1. The first-order valence-corrected chi connectivity index (χ1v) is 11.7. The minimum Gasteiger partial charge on any atom is -0.481 e. The molecule has 0 radical (unpaired) electrons. The summed E-state index contributed by atoms with van der Waals surface area (Å²) in [4.78, 5) is 18.9. The quantitative estimate of drug-likeness (QED) is 0.639. The van der Waals surface area contributed by atoms with Gasteiger partial charge in [-0.1, -0.05) is 16.8 Å². The Morgan fingerprint density at radius 2 is 2.03 bits per heavy atom. The van der Waals surface area contributed by atoms with Crippen LogP contribution in [-0.2, 0) is 37.0 Å². The van der Waals surface area contributed by atoms with E-state index in [1.165, 1.54) is 0 Å². The van der Waals surface area contributed by atoms with Crippen molar-refractivity contribution in [3.05, 3.63) is 63.3 Å². The Bertz CT molecular complexity index is 1270. The van der Waals surface area contributed by atoms with Crippen molar-refractivity contribution in [2.24, 2.45) is 5.92 Å². The number of amides is 1. The molecule has 170 valence electrons. The molecule has 1 aromatic carbocycles. The molecule has 33 heavy (non-hydrogen) atoms. The van der Waals surface area contributed by atoms with Crippen molar-refractivity contribution in [3.63, 3.8) is 0 Å². The van der Waals surface area contributed by atoms with Crippen LogP contribution in [0.4, 0.5) is 0 Å². The van der Waals surface area contributed by atoms with Gasteiger partial charge >= 0.3 is 0 Å². The van der Waals surface area contributed by atoms with Gasteiger partial charge in [-0.15, -0.1) is 0 Å². The summed E-state index contributed by atoms with van der Waals surface area (Å²) in [5, 5.41) is 8.34. The maximum absolute atomic E-state index is 12.6. The standard InChI is InChI=1S/C25H25ClN4O3/c1-30(2)25(31)14-8-17-16(3-6-28-21(17)9-14)18-11-15(26)7-13-10-22(32-23(13)18)24-19-12-27-5-4-20(19)29-33-24/h3,6-7,11,14,22,27H,4-5,8-10,12H2,1-2H3. The Morgan fingerprint density at radius 1 is 1.15 bits per heavy atom. The molecule has 2 atom stereocenters. The van der Waals surface area contributed by atoms with E-state index in [0.717, 1.165) is 70.2 Å². The smallest absolute Gasteiger partial charge is 0.225 e. The van der Waals surface area contributed by atoms with Crippen LogP contribution in [0, 0.1) is 5.92 Å². The minimum atomic E-state index is -0.230. The molecule has 4 heterocycles. The average Bonchev–Trinajstić information content (AvgIpc) is 3.53. The van der Waals surface area contributed by atoms with E-state index < -0.39 is 0 Å². The second kappa shape index (κ2) is 7.85. The highest BCUT2D eigenvalue weighted by atomic mass is 35.5. The van der Waals surface area contributed by atoms with E-state index in [1.54, 1.807) is 19.0 Å². The van der Waals surface area contributed by atoms with E-state index in [9.17, 15) is 4.79 Å². The monoisotopic (exact) mass is 464 g/mol. The van der Waals surface area contributed by atoms with Gasteiger partial charge in [-0.2, -0.15) is 0 Å². The van der Waals surface area contributed by atoms with Crippen molar-refractivity contribution in [3.8, 4) is 16.9 Å². The molecule has 8 heteroatoms. The van der Waals surface area contributed by atoms with Crippen molar-refractivity contribution in [2.75, 3.05) is 20.6 Å². The molecular weight excluding hydrogens is 440 g/mol. The third-order valence-electron chi connectivity index (χ3n) is 6.94. The molecule has 1 N–H and O–H groups in total. The summed E-state index contributed by atoms with van der Waals surface area (Å²) < 4.78 is 12.3. The number of nitrogens with zero attached hydrogens (tertiary/aromatic N) is 3. The van der Waals surface area contributed by atoms with E-state index in [0.29, 0.717) is 24.3 Å². The van der Waals surface area contributed by atoms with Crippen molar-refractivity contribution in [1.29, 1.82) is 0 Å². The van der Waals surface area contributed by atoms with Crippen LogP contribution in [-0.4, -0.2) is 41.6 Å². The third-order valence-corrected chi connectivity index (χ3v) is 7.16. The Morgan fingerprint density at radius 3 is 2.88 bits per heavy atom. The van der Waals surface area contributed by atoms with Crippen LogP contribution in [0.3, 0.4) is 0 Å². The predicted molar refractivity (Wildman–Crippen MR) is 123 cm³/mol. The van der Waals surface area contributed by atoms with Crippen LogP contribution < -0.4 is 10.1 Å². The van der Waals surface area contributed by atoms with Crippen LogP contribution in [0.25, 0.3) is 11.1 Å². The Balaban J connectivity index is 1.38. The second-order valence-corrected chi connectivity index (χ2v) is 9.71. The van der Waals surface area contributed by atoms with Gasteiger partial charge in [-0.3, -0.25) is 9.78 Å². The van der Waals surface area contributed by atoms with Crippen molar-refractivity contribution < 1.29 is 14.1 Å². The van der Waals surface area contributed by atoms with Gasteiger partial charge in [0.25, 0.3) is 0 Å². The topological polar surface area (TPSA) is 80.5 Å². The molecule has 2 aromatic heterocycles. The lowest BCUT2D eigenvalue weighted by Gasteiger charge is -2.16. The molecule has 1 amide bonds. The predicted octanol–water partition coefficient (Wildman–Crippen LogP) is 3.51. The molecule has 3 aliphatic rings. The van der Waals surface area contributed by atoms with Gasteiger partial charge in [0.2, 0.25) is 5.91 Å². The number of benzene rings is 1. The maximum Gasteiger partial charge on any atom is 0.225 e. The number of hydrogen-bond donors (Lipinski definition) is 1. The number of aromatic nitrogens is 2. The molecule has 0 spiro atoms. The van der Waals surface area contributed by atoms with Crippen LogP contribution in [0.5, 0.6) is 5.75 Å². The fourth-order valence-electron chi connectivity index (χ4n) is 5.37. The number of nitrogens with one attached hydrogen (secondary N) is 1. The van der Waals surface area contributed by atoms with Gasteiger partial charge in [0.15, 0.2) is 11.9 Å². The highest BCUT2D eigenvalue weighted by molar-refractivity contribution is 6.31. The Hall–Kier alpha value is -2.90. The van der Waals surface area contributed by atoms with Gasteiger partial charge in [0.1, 0.15) is 5.75 Å². The minimum absolute atomic E-state index is 0.0854. The van der Waals surface area contributed by atoms with Crippen molar-refractivity contribution in [1.82, 2.24) is 20.4 Å². The fraction of sp³-hybridized carbons (Fsp3) is 0.400. The molecular formula is C25H25ClN4O3. The molecule has 0 saturated carbocycles. The van der Waals surface area contributed by atoms with E-state index in [2.05, 4.69) is 15.5 Å². The van der Waals surface area contributed by atoms with Gasteiger partial charge in [-0.05, 0) is 35.7 Å².